The lowest BCUT2D eigenvalue weighted by Gasteiger charge is -2.14. The summed E-state index contributed by atoms with van der Waals surface area (Å²) in [5, 5.41) is 6.51. The van der Waals surface area contributed by atoms with Gasteiger partial charge in [-0.1, -0.05) is 12.1 Å². The van der Waals surface area contributed by atoms with Gasteiger partial charge in [-0.15, -0.1) is 0 Å². The van der Waals surface area contributed by atoms with Crippen LogP contribution in [0.15, 0.2) is 29.3 Å². The molecule has 0 aromatic heterocycles. The first-order valence-corrected chi connectivity index (χ1v) is 7.53. The summed E-state index contributed by atoms with van der Waals surface area (Å²) in [6.45, 7) is 7.76. The van der Waals surface area contributed by atoms with E-state index >= 15 is 0 Å². The van der Waals surface area contributed by atoms with Crippen molar-refractivity contribution < 1.29 is 4.74 Å². The summed E-state index contributed by atoms with van der Waals surface area (Å²) in [6, 6.07) is 8.42. The fraction of sp³-hybridized carbons (Fsp3) is 0.562. The van der Waals surface area contributed by atoms with Crippen molar-refractivity contribution in [3.8, 4) is 0 Å². The minimum Gasteiger partial charge on any atom is -0.380 e. The zero-order valence-corrected chi connectivity index (χ0v) is 13.6. The van der Waals surface area contributed by atoms with Gasteiger partial charge in [0.2, 0.25) is 0 Å². The monoisotopic (exact) mass is 292 g/mol. The maximum Gasteiger partial charge on any atom is 0.191 e. The molecule has 0 atom stereocenters. The fourth-order valence-electron chi connectivity index (χ4n) is 1.83. The quantitative estimate of drug-likeness (QED) is 0.436. The van der Waals surface area contributed by atoms with Gasteiger partial charge in [0.25, 0.3) is 0 Å². The third-order valence-electron chi connectivity index (χ3n) is 2.93. The Morgan fingerprint density at radius 2 is 2.05 bits per heavy atom. The molecule has 2 N–H and O–H groups in total. The third-order valence-corrected chi connectivity index (χ3v) is 2.93. The molecule has 0 radical (unpaired) electrons. The molecule has 0 aliphatic heterocycles. The summed E-state index contributed by atoms with van der Waals surface area (Å²) in [5.74, 6) is 0.826. The first-order valence-electron chi connectivity index (χ1n) is 7.53. The molecule has 0 amide bonds. The van der Waals surface area contributed by atoms with E-state index in [1.807, 2.05) is 21.0 Å². The molecule has 1 rings (SSSR count). The second kappa shape index (κ2) is 10.0. The molecule has 5 nitrogen and oxygen atoms in total. The Bertz CT molecular complexity index is 432. The van der Waals surface area contributed by atoms with Gasteiger partial charge in [-0.3, -0.25) is 0 Å². The number of hydrogen-bond acceptors (Lipinski definition) is 3. The molecule has 0 unspecified atom stereocenters. The van der Waals surface area contributed by atoms with E-state index in [9.17, 15) is 0 Å². The maximum atomic E-state index is 5.32. The van der Waals surface area contributed by atoms with Crippen LogP contribution in [-0.2, 0) is 11.3 Å². The van der Waals surface area contributed by atoms with Crippen molar-refractivity contribution in [1.82, 2.24) is 10.6 Å². The number of aliphatic imine (C=N–C) groups is 1. The predicted molar refractivity (Wildman–Crippen MR) is 90.1 cm³/mol. The van der Waals surface area contributed by atoms with Crippen molar-refractivity contribution in [2.24, 2.45) is 4.99 Å². The molecule has 0 saturated heterocycles. The summed E-state index contributed by atoms with van der Waals surface area (Å²) in [6.07, 6.45) is 0. The van der Waals surface area contributed by atoms with E-state index in [0.29, 0.717) is 13.2 Å². The lowest BCUT2D eigenvalue weighted by molar-refractivity contribution is 0.152. The highest BCUT2D eigenvalue weighted by Gasteiger charge is 1.99. The Morgan fingerprint density at radius 1 is 1.24 bits per heavy atom. The van der Waals surface area contributed by atoms with Crippen molar-refractivity contribution in [3.05, 3.63) is 29.8 Å². The lowest BCUT2D eigenvalue weighted by atomic mass is 10.2. The van der Waals surface area contributed by atoms with Crippen LogP contribution in [0, 0.1) is 0 Å². The van der Waals surface area contributed by atoms with E-state index < -0.39 is 0 Å². The number of benzene rings is 1. The molecule has 118 valence electrons. The molecule has 0 heterocycles. The van der Waals surface area contributed by atoms with Crippen LogP contribution in [0.2, 0.25) is 0 Å². The van der Waals surface area contributed by atoms with Crippen molar-refractivity contribution in [2.75, 3.05) is 45.3 Å². The van der Waals surface area contributed by atoms with Crippen molar-refractivity contribution in [1.29, 1.82) is 0 Å². The summed E-state index contributed by atoms with van der Waals surface area (Å²) < 4.78 is 5.32. The normalized spacial score (nSPS) is 11.3. The topological polar surface area (TPSA) is 48.9 Å². The van der Waals surface area contributed by atoms with Gasteiger partial charge in [0, 0.05) is 39.5 Å². The van der Waals surface area contributed by atoms with Gasteiger partial charge in [0.05, 0.1) is 13.2 Å². The molecule has 0 spiro atoms. The smallest absolute Gasteiger partial charge is 0.191 e. The minimum atomic E-state index is 0.658. The van der Waals surface area contributed by atoms with Gasteiger partial charge >= 0.3 is 0 Å². The molecule has 1 aromatic carbocycles. The zero-order valence-electron chi connectivity index (χ0n) is 13.6. The van der Waals surface area contributed by atoms with Crippen LogP contribution >= 0.6 is 0 Å². The maximum absolute atomic E-state index is 5.32. The van der Waals surface area contributed by atoms with E-state index in [-0.39, 0.29) is 0 Å². The molecular formula is C16H28N4O. The molecule has 0 bridgehead atoms. The first-order chi connectivity index (χ1) is 10.2. The molecule has 21 heavy (non-hydrogen) atoms. The number of anilines is 1. The number of hydrogen-bond donors (Lipinski definition) is 2. The average Bonchev–Trinajstić information content (AvgIpc) is 2.49. The summed E-state index contributed by atoms with van der Waals surface area (Å²) in [5.41, 5.74) is 2.39. The molecule has 5 heteroatoms. The Balaban J connectivity index is 2.58. The van der Waals surface area contributed by atoms with Gasteiger partial charge < -0.3 is 20.3 Å². The van der Waals surface area contributed by atoms with E-state index in [4.69, 9.17) is 4.74 Å². The first kappa shape index (κ1) is 17.3. The summed E-state index contributed by atoms with van der Waals surface area (Å²) in [7, 11) is 4.09. The average molecular weight is 292 g/mol. The molecule has 1 aromatic rings. The van der Waals surface area contributed by atoms with Gasteiger partial charge in [0.1, 0.15) is 0 Å². The Kier molecular flexibility index (Phi) is 8.28. The van der Waals surface area contributed by atoms with Gasteiger partial charge in [0.15, 0.2) is 5.96 Å². The molecule has 0 aliphatic rings. The number of nitrogens with one attached hydrogen (secondary N) is 2. The number of nitrogens with zero attached hydrogens (tertiary/aromatic N) is 2. The number of rotatable bonds is 8. The number of guanidine groups is 1. The van der Waals surface area contributed by atoms with E-state index in [2.05, 4.69) is 51.7 Å². The van der Waals surface area contributed by atoms with E-state index in [0.717, 1.165) is 25.7 Å². The van der Waals surface area contributed by atoms with Gasteiger partial charge in [-0.05, 0) is 31.5 Å². The van der Waals surface area contributed by atoms with Crippen molar-refractivity contribution in [3.63, 3.8) is 0 Å². The van der Waals surface area contributed by atoms with Gasteiger partial charge in [-0.25, -0.2) is 4.99 Å². The Hall–Kier alpha value is -1.75. The standard InChI is InChI=1S/C16H28N4O/c1-5-17-16(18-10-11-21-6-2)19-13-14-8-7-9-15(12-14)20(3)4/h7-9,12H,5-6,10-11,13H2,1-4H3,(H2,17,18,19). The number of ether oxygens (including phenoxy) is 1. The minimum absolute atomic E-state index is 0.658. The molecule has 0 fully saturated rings. The van der Waals surface area contributed by atoms with Crippen LogP contribution in [0.1, 0.15) is 19.4 Å². The molecular weight excluding hydrogens is 264 g/mol. The van der Waals surface area contributed by atoms with Crippen LogP contribution in [0.4, 0.5) is 5.69 Å². The van der Waals surface area contributed by atoms with Crippen LogP contribution in [-0.4, -0.2) is 46.4 Å². The SMILES string of the molecule is CCNC(=NCc1cccc(N(C)C)c1)NCCOCC. The highest BCUT2D eigenvalue weighted by atomic mass is 16.5. The fourth-order valence-corrected chi connectivity index (χ4v) is 1.83. The van der Waals surface area contributed by atoms with E-state index in [1.165, 1.54) is 11.3 Å². The van der Waals surface area contributed by atoms with Crippen LogP contribution in [0.25, 0.3) is 0 Å². The predicted octanol–water partition coefficient (Wildman–Crippen LogP) is 1.84. The second-order valence-electron chi connectivity index (χ2n) is 4.88. The van der Waals surface area contributed by atoms with Crippen molar-refractivity contribution in [2.45, 2.75) is 20.4 Å². The van der Waals surface area contributed by atoms with Crippen LogP contribution in [0.5, 0.6) is 0 Å². The third kappa shape index (κ3) is 6.99. The summed E-state index contributed by atoms with van der Waals surface area (Å²) in [4.78, 5) is 6.70. The van der Waals surface area contributed by atoms with Crippen LogP contribution < -0.4 is 15.5 Å². The van der Waals surface area contributed by atoms with Crippen molar-refractivity contribution >= 4 is 11.6 Å². The Morgan fingerprint density at radius 3 is 2.71 bits per heavy atom. The second-order valence-corrected chi connectivity index (χ2v) is 4.88. The molecule has 0 aliphatic carbocycles. The lowest BCUT2D eigenvalue weighted by Crippen LogP contribution is -2.39. The summed E-state index contributed by atoms with van der Waals surface area (Å²) >= 11 is 0. The zero-order chi connectivity index (χ0) is 15.5. The Labute approximate surface area is 128 Å². The van der Waals surface area contributed by atoms with Crippen LogP contribution in [0.3, 0.4) is 0 Å². The molecule has 0 saturated carbocycles. The highest BCUT2D eigenvalue weighted by Crippen LogP contribution is 2.13. The van der Waals surface area contributed by atoms with Gasteiger partial charge in [-0.2, -0.15) is 0 Å². The van der Waals surface area contributed by atoms with E-state index in [1.54, 1.807) is 0 Å². The largest absolute Gasteiger partial charge is 0.380 e. The highest BCUT2D eigenvalue weighted by molar-refractivity contribution is 5.79.